The van der Waals surface area contributed by atoms with Crippen molar-refractivity contribution >= 4 is 17.2 Å². The second kappa shape index (κ2) is 6.84. The smallest absolute Gasteiger partial charge is 0.275 e. The summed E-state index contributed by atoms with van der Waals surface area (Å²) in [5.41, 5.74) is 2.81. The Morgan fingerprint density at radius 1 is 1.44 bits per heavy atom. The summed E-state index contributed by atoms with van der Waals surface area (Å²) in [6.07, 6.45) is 0. The van der Waals surface area contributed by atoms with Gasteiger partial charge in [0.2, 0.25) is 0 Å². The fourth-order valence-corrected chi connectivity index (χ4v) is 2.12. The molecule has 0 aromatic carbocycles. The predicted molar refractivity (Wildman–Crippen MR) is 71.3 cm³/mol. The van der Waals surface area contributed by atoms with Crippen molar-refractivity contribution in [2.75, 3.05) is 13.2 Å². The van der Waals surface area contributed by atoms with Gasteiger partial charge in [-0.15, -0.1) is 11.3 Å². The molecular formula is C12H20N2O3S. The third kappa shape index (κ3) is 5.14. The molecule has 6 heteroatoms. The molecule has 1 heterocycles. The maximum Gasteiger partial charge on any atom is 0.275 e. The number of amides is 1. The minimum absolute atomic E-state index is 0.156. The van der Waals surface area contributed by atoms with Crippen LogP contribution in [0.5, 0.6) is 0 Å². The lowest BCUT2D eigenvalue weighted by Crippen LogP contribution is -2.30. The van der Waals surface area contributed by atoms with E-state index in [1.54, 1.807) is 0 Å². The van der Waals surface area contributed by atoms with Crippen LogP contribution in [0.25, 0.3) is 0 Å². The summed E-state index contributed by atoms with van der Waals surface area (Å²) in [6.45, 7) is 7.41. The average molecular weight is 272 g/mol. The van der Waals surface area contributed by atoms with Crippen LogP contribution in [-0.4, -0.2) is 24.7 Å². The third-order valence-corrected chi connectivity index (χ3v) is 3.06. The van der Waals surface area contributed by atoms with Crippen LogP contribution in [-0.2, 0) is 16.1 Å². The molecule has 102 valence electrons. The minimum Gasteiger partial charge on any atom is -0.374 e. The zero-order valence-corrected chi connectivity index (χ0v) is 11.8. The Labute approximate surface area is 111 Å². The number of thiophene rings is 1. The lowest BCUT2D eigenvalue weighted by molar-refractivity contribution is -0.0376. The van der Waals surface area contributed by atoms with Crippen LogP contribution >= 0.6 is 11.3 Å². The van der Waals surface area contributed by atoms with Gasteiger partial charge in [-0.3, -0.25) is 10.2 Å². The molecule has 1 aromatic rings. The first kappa shape index (κ1) is 15.1. The van der Waals surface area contributed by atoms with Gasteiger partial charge in [0.05, 0.1) is 30.3 Å². The van der Waals surface area contributed by atoms with Crippen LogP contribution in [0.2, 0.25) is 0 Å². The number of nitrogens with one attached hydrogen (secondary N) is 1. The lowest BCUT2D eigenvalue weighted by Gasteiger charge is -2.19. The van der Waals surface area contributed by atoms with E-state index in [-0.39, 0.29) is 11.5 Å². The maximum atomic E-state index is 11.4. The first-order valence-corrected chi connectivity index (χ1v) is 6.61. The zero-order chi connectivity index (χ0) is 13.6. The number of hydrogen-bond acceptors (Lipinski definition) is 5. The summed E-state index contributed by atoms with van der Waals surface area (Å²) in [5, 5.41) is 1.84. The molecule has 0 saturated heterocycles. The quantitative estimate of drug-likeness (QED) is 0.358. The molecule has 0 unspecified atom stereocenters. The number of hydrazine groups is 1. The third-order valence-electron chi connectivity index (χ3n) is 2.10. The molecule has 5 nitrogen and oxygen atoms in total. The van der Waals surface area contributed by atoms with Crippen molar-refractivity contribution in [2.24, 2.45) is 5.84 Å². The molecule has 1 amide bonds. The van der Waals surface area contributed by atoms with Crippen LogP contribution < -0.4 is 11.3 Å². The van der Waals surface area contributed by atoms with E-state index in [2.05, 4.69) is 5.43 Å². The van der Waals surface area contributed by atoms with Crippen molar-refractivity contribution in [1.82, 2.24) is 5.43 Å². The minimum atomic E-state index is -0.283. The summed E-state index contributed by atoms with van der Waals surface area (Å²) in [7, 11) is 0. The second-order valence-corrected chi connectivity index (χ2v) is 5.68. The highest BCUT2D eigenvalue weighted by molar-refractivity contribution is 7.12. The van der Waals surface area contributed by atoms with E-state index in [0.29, 0.717) is 24.7 Å². The highest BCUT2D eigenvalue weighted by Crippen LogP contribution is 2.17. The number of carbonyl (C=O) groups excluding carboxylic acids is 1. The molecular weight excluding hydrogens is 252 g/mol. The lowest BCUT2D eigenvalue weighted by atomic mass is 10.2. The van der Waals surface area contributed by atoms with Gasteiger partial charge in [-0.2, -0.15) is 0 Å². The molecule has 0 fully saturated rings. The molecule has 0 atom stereocenters. The van der Waals surface area contributed by atoms with Gasteiger partial charge < -0.3 is 9.47 Å². The SMILES string of the molecule is CC(C)(C)OCCOCc1ccsc1C(=O)NN. The molecule has 0 bridgehead atoms. The summed E-state index contributed by atoms with van der Waals surface area (Å²) in [5.74, 6) is 4.82. The number of rotatable bonds is 6. The molecule has 18 heavy (non-hydrogen) atoms. The monoisotopic (exact) mass is 272 g/mol. The highest BCUT2D eigenvalue weighted by atomic mass is 32.1. The molecule has 0 aliphatic rings. The fourth-order valence-electron chi connectivity index (χ4n) is 1.30. The molecule has 0 spiro atoms. The van der Waals surface area contributed by atoms with E-state index in [1.807, 2.05) is 32.2 Å². The van der Waals surface area contributed by atoms with Gasteiger partial charge in [-0.05, 0) is 32.2 Å². The Hall–Kier alpha value is -0.950. The summed E-state index contributed by atoms with van der Waals surface area (Å²) < 4.78 is 11.0. The average Bonchev–Trinajstić information content (AvgIpc) is 2.74. The molecule has 0 aliphatic heterocycles. The molecule has 0 aliphatic carbocycles. The highest BCUT2D eigenvalue weighted by Gasteiger charge is 2.12. The van der Waals surface area contributed by atoms with E-state index in [9.17, 15) is 4.79 Å². The molecule has 0 radical (unpaired) electrons. The van der Waals surface area contributed by atoms with Crippen LogP contribution in [0.4, 0.5) is 0 Å². The Morgan fingerprint density at radius 3 is 2.78 bits per heavy atom. The van der Waals surface area contributed by atoms with Crippen molar-refractivity contribution < 1.29 is 14.3 Å². The van der Waals surface area contributed by atoms with E-state index >= 15 is 0 Å². The number of ether oxygens (including phenoxy) is 2. The summed E-state index contributed by atoms with van der Waals surface area (Å²) >= 11 is 1.35. The molecule has 3 N–H and O–H groups in total. The van der Waals surface area contributed by atoms with Crippen LogP contribution in [0.1, 0.15) is 36.0 Å². The van der Waals surface area contributed by atoms with Crippen molar-refractivity contribution in [3.05, 3.63) is 21.9 Å². The molecule has 1 aromatic heterocycles. The second-order valence-electron chi connectivity index (χ2n) is 4.76. The Balaban J connectivity index is 2.32. The topological polar surface area (TPSA) is 73.6 Å². The van der Waals surface area contributed by atoms with E-state index in [0.717, 1.165) is 5.56 Å². The van der Waals surface area contributed by atoms with Crippen LogP contribution in [0.3, 0.4) is 0 Å². The normalized spacial score (nSPS) is 11.6. The van der Waals surface area contributed by atoms with Gasteiger partial charge >= 0.3 is 0 Å². The van der Waals surface area contributed by atoms with Gasteiger partial charge in [0.25, 0.3) is 5.91 Å². The van der Waals surface area contributed by atoms with Gasteiger partial charge in [0.1, 0.15) is 0 Å². The number of hydrogen-bond donors (Lipinski definition) is 2. The van der Waals surface area contributed by atoms with Gasteiger partial charge in [0, 0.05) is 5.56 Å². The Bertz CT molecular complexity index is 385. The summed E-state index contributed by atoms with van der Waals surface area (Å²) in [4.78, 5) is 12.0. The number of carbonyl (C=O) groups is 1. The standard InChI is InChI=1S/C12H20N2O3S/c1-12(2,3)17-6-5-16-8-9-4-7-18-10(9)11(15)14-13/h4,7H,5-6,8,13H2,1-3H3,(H,14,15). The van der Waals surface area contributed by atoms with Gasteiger partial charge in [-0.25, -0.2) is 5.84 Å². The number of nitrogens with two attached hydrogens (primary N) is 1. The Kier molecular flexibility index (Phi) is 5.74. The largest absolute Gasteiger partial charge is 0.374 e. The van der Waals surface area contributed by atoms with E-state index in [4.69, 9.17) is 15.3 Å². The fraction of sp³-hybridized carbons (Fsp3) is 0.583. The number of nitrogen functional groups attached to an aromatic ring is 1. The maximum absolute atomic E-state index is 11.4. The predicted octanol–water partition coefficient (Wildman–Crippen LogP) is 1.68. The Morgan fingerprint density at radius 2 is 2.17 bits per heavy atom. The van der Waals surface area contributed by atoms with E-state index < -0.39 is 0 Å². The van der Waals surface area contributed by atoms with Crippen LogP contribution in [0, 0.1) is 0 Å². The van der Waals surface area contributed by atoms with Crippen molar-refractivity contribution in [1.29, 1.82) is 0 Å². The first-order valence-electron chi connectivity index (χ1n) is 5.73. The first-order chi connectivity index (χ1) is 8.44. The summed E-state index contributed by atoms with van der Waals surface area (Å²) in [6, 6.07) is 1.86. The van der Waals surface area contributed by atoms with Crippen molar-refractivity contribution in [3.8, 4) is 0 Å². The van der Waals surface area contributed by atoms with Gasteiger partial charge in [-0.1, -0.05) is 0 Å². The van der Waals surface area contributed by atoms with Gasteiger partial charge in [0.15, 0.2) is 0 Å². The van der Waals surface area contributed by atoms with Crippen molar-refractivity contribution in [3.63, 3.8) is 0 Å². The van der Waals surface area contributed by atoms with Crippen molar-refractivity contribution in [2.45, 2.75) is 33.0 Å². The zero-order valence-electron chi connectivity index (χ0n) is 11.0. The molecule has 1 rings (SSSR count). The van der Waals surface area contributed by atoms with E-state index in [1.165, 1.54) is 11.3 Å². The molecule has 0 saturated carbocycles. The van der Waals surface area contributed by atoms with Crippen LogP contribution in [0.15, 0.2) is 11.4 Å².